The van der Waals surface area contributed by atoms with Gasteiger partial charge in [0, 0.05) is 18.0 Å². The lowest BCUT2D eigenvalue weighted by atomic mass is 10.2. The van der Waals surface area contributed by atoms with E-state index < -0.39 is 0 Å². The van der Waals surface area contributed by atoms with Crippen molar-refractivity contribution >= 4 is 21.6 Å². The van der Waals surface area contributed by atoms with Gasteiger partial charge in [-0.15, -0.1) is 0 Å². The number of aromatic nitrogens is 1. The van der Waals surface area contributed by atoms with Gasteiger partial charge in [0.2, 0.25) is 0 Å². The molecule has 1 aliphatic heterocycles. The van der Waals surface area contributed by atoms with E-state index in [4.69, 9.17) is 5.73 Å². The van der Waals surface area contributed by atoms with Crippen LogP contribution in [-0.2, 0) is 0 Å². The van der Waals surface area contributed by atoms with Crippen LogP contribution in [0.25, 0.3) is 0 Å². The first-order valence-corrected chi connectivity index (χ1v) is 6.36. The van der Waals surface area contributed by atoms with Crippen LogP contribution in [0.1, 0.15) is 17.3 Å². The summed E-state index contributed by atoms with van der Waals surface area (Å²) in [6.45, 7) is 1.97. The number of nitrogens with zero attached hydrogens (tertiary/aromatic N) is 3. The molecule has 0 fully saturated rings. The first-order valence-electron chi connectivity index (χ1n) is 5.57. The maximum atomic E-state index is 5.98. The monoisotopic (exact) mass is 302 g/mol. The van der Waals surface area contributed by atoms with E-state index in [0.717, 1.165) is 32.0 Å². The third-order valence-corrected chi connectivity index (χ3v) is 3.76. The molecule has 1 atom stereocenters. The summed E-state index contributed by atoms with van der Waals surface area (Å²) < 4.78 is 0.827. The van der Waals surface area contributed by atoms with Crippen molar-refractivity contribution in [3.63, 3.8) is 0 Å². The maximum Gasteiger partial charge on any atom is 0.168 e. The Kier molecular flexibility index (Phi) is 2.63. The molecule has 2 N–H and O–H groups in total. The average Bonchev–Trinajstić information content (AvgIpc) is 2.81. The number of benzene rings is 1. The molecular formula is C13H11BrN4. The first-order chi connectivity index (χ1) is 8.66. The lowest BCUT2D eigenvalue weighted by molar-refractivity contribution is 0.765. The lowest BCUT2D eigenvalue weighted by Crippen LogP contribution is -2.24. The average molecular weight is 303 g/mol. The topological polar surface area (TPSA) is 63.6 Å². The largest absolute Gasteiger partial charge is 0.398 e. The van der Waals surface area contributed by atoms with Gasteiger partial charge in [0.05, 0.1) is 15.5 Å². The van der Waals surface area contributed by atoms with Gasteiger partial charge < -0.3 is 5.73 Å². The van der Waals surface area contributed by atoms with Gasteiger partial charge in [0.1, 0.15) is 5.36 Å². The van der Waals surface area contributed by atoms with E-state index in [2.05, 4.69) is 30.9 Å². The number of hydrogen-bond donors (Lipinski definition) is 1. The van der Waals surface area contributed by atoms with Gasteiger partial charge in [0.25, 0.3) is 0 Å². The van der Waals surface area contributed by atoms with Crippen LogP contribution in [-0.4, -0.2) is 4.98 Å². The second-order valence-electron chi connectivity index (χ2n) is 4.21. The normalized spacial score (nSPS) is 16.9. The molecule has 0 unspecified atom stereocenters. The second-order valence-corrected chi connectivity index (χ2v) is 5.00. The standard InChI is InChI=1S/C13H11BrN4/c1-7-5-9-12(10(14)11(7)15)18-13(17-9)8-3-2-4-16-6-8/h2-6,13H,15H2,1H3/t13-/m1/s1. The fraction of sp³-hybridized carbons (Fsp3) is 0.154. The minimum atomic E-state index is -0.216. The zero-order valence-electron chi connectivity index (χ0n) is 9.76. The van der Waals surface area contributed by atoms with Crippen molar-refractivity contribution in [1.82, 2.24) is 4.98 Å². The Morgan fingerprint density at radius 1 is 1.33 bits per heavy atom. The number of nitrogen functional groups attached to an aromatic ring is 1. The summed E-state index contributed by atoms with van der Waals surface area (Å²) in [4.78, 5) is 13.3. The highest BCUT2D eigenvalue weighted by molar-refractivity contribution is 9.10. The predicted molar refractivity (Wildman–Crippen MR) is 72.6 cm³/mol. The highest BCUT2D eigenvalue weighted by Crippen LogP contribution is 2.22. The summed E-state index contributed by atoms with van der Waals surface area (Å²) in [6, 6.07) is 5.83. The molecule has 5 heteroatoms. The molecule has 0 saturated heterocycles. The van der Waals surface area contributed by atoms with Gasteiger partial charge in [-0.3, -0.25) is 15.0 Å². The Hall–Kier alpha value is -1.75. The van der Waals surface area contributed by atoms with E-state index >= 15 is 0 Å². The summed E-state index contributed by atoms with van der Waals surface area (Å²) in [5, 5.41) is 1.70. The van der Waals surface area contributed by atoms with E-state index in [1.807, 2.05) is 25.1 Å². The number of anilines is 1. The third kappa shape index (κ3) is 1.71. The molecule has 3 rings (SSSR count). The number of aryl methyl sites for hydroxylation is 1. The van der Waals surface area contributed by atoms with E-state index in [1.54, 1.807) is 12.4 Å². The van der Waals surface area contributed by atoms with E-state index in [-0.39, 0.29) is 6.17 Å². The highest BCUT2D eigenvalue weighted by Gasteiger charge is 2.16. The van der Waals surface area contributed by atoms with Crippen LogP contribution in [0.5, 0.6) is 0 Å². The van der Waals surface area contributed by atoms with E-state index in [9.17, 15) is 0 Å². The highest BCUT2D eigenvalue weighted by atomic mass is 79.9. The zero-order valence-corrected chi connectivity index (χ0v) is 11.3. The maximum absolute atomic E-state index is 5.98. The summed E-state index contributed by atoms with van der Waals surface area (Å²) in [6.07, 6.45) is 3.31. The fourth-order valence-electron chi connectivity index (χ4n) is 1.95. The van der Waals surface area contributed by atoms with Crippen LogP contribution < -0.4 is 16.4 Å². The van der Waals surface area contributed by atoms with Crippen LogP contribution in [0.4, 0.5) is 5.69 Å². The number of hydrogen-bond acceptors (Lipinski definition) is 4. The summed E-state index contributed by atoms with van der Waals surface area (Å²) in [5.74, 6) is 0. The first kappa shape index (κ1) is 11.3. The van der Waals surface area contributed by atoms with Crippen molar-refractivity contribution in [2.24, 2.45) is 9.98 Å². The molecule has 0 radical (unpaired) electrons. The van der Waals surface area contributed by atoms with E-state index in [0.29, 0.717) is 0 Å². The number of halogens is 1. The number of rotatable bonds is 1. The molecule has 1 aromatic heterocycles. The fourth-order valence-corrected chi connectivity index (χ4v) is 2.56. The lowest BCUT2D eigenvalue weighted by Gasteiger charge is -2.02. The van der Waals surface area contributed by atoms with E-state index in [1.165, 1.54) is 0 Å². The van der Waals surface area contributed by atoms with Crippen molar-refractivity contribution in [3.8, 4) is 0 Å². The Balaban J connectivity index is 2.20. The van der Waals surface area contributed by atoms with Gasteiger partial charge in [-0.05, 0) is 40.5 Å². The number of fused-ring (bicyclic) bond motifs is 1. The molecule has 0 aliphatic carbocycles. The van der Waals surface area contributed by atoms with Crippen LogP contribution in [0, 0.1) is 6.92 Å². The summed E-state index contributed by atoms with van der Waals surface area (Å²) in [7, 11) is 0. The van der Waals surface area contributed by atoms with Gasteiger partial charge >= 0.3 is 0 Å². The molecule has 0 saturated carbocycles. The smallest absolute Gasteiger partial charge is 0.168 e. The Morgan fingerprint density at radius 3 is 2.89 bits per heavy atom. The van der Waals surface area contributed by atoms with Gasteiger partial charge in [0.15, 0.2) is 6.17 Å². The van der Waals surface area contributed by atoms with Crippen molar-refractivity contribution in [2.75, 3.05) is 5.73 Å². The van der Waals surface area contributed by atoms with Crippen molar-refractivity contribution < 1.29 is 0 Å². The Labute approximate surface area is 112 Å². The molecule has 0 spiro atoms. The SMILES string of the molecule is Cc1cc2c(c(Br)c1N)=N[C@H](c1cccnc1)N=2. The predicted octanol–water partition coefficient (Wildman–Crippen LogP) is 1.69. The molecule has 1 aromatic carbocycles. The molecule has 2 heterocycles. The Morgan fingerprint density at radius 2 is 2.17 bits per heavy atom. The van der Waals surface area contributed by atoms with Crippen molar-refractivity contribution in [1.29, 1.82) is 0 Å². The minimum Gasteiger partial charge on any atom is -0.398 e. The molecule has 0 bridgehead atoms. The molecular weight excluding hydrogens is 292 g/mol. The summed E-state index contributed by atoms with van der Waals surface area (Å²) >= 11 is 3.49. The third-order valence-electron chi connectivity index (χ3n) is 2.96. The van der Waals surface area contributed by atoms with Crippen LogP contribution in [0.15, 0.2) is 45.1 Å². The summed E-state index contributed by atoms with van der Waals surface area (Å²) in [5.41, 5.74) is 8.69. The molecule has 18 heavy (non-hydrogen) atoms. The second kappa shape index (κ2) is 4.17. The van der Waals surface area contributed by atoms with Gasteiger partial charge in [-0.25, -0.2) is 0 Å². The zero-order chi connectivity index (χ0) is 12.7. The molecule has 2 aromatic rings. The van der Waals surface area contributed by atoms with Crippen molar-refractivity contribution in [2.45, 2.75) is 13.1 Å². The molecule has 4 nitrogen and oxygen atoms in total. The molecule has 1 aliphatic rings. The number of pyridine rings is 1. The van der Waals surface area contributed by atoms with Crippen LogP contribution in [0.2, 0.25) is 0 Å². The quantitative estimate of drug-likeness (QED) is 0.815. The number of nitrogens with two attached hydrogens (primary N) is 1. The molecule has 0 amide bonds. The van der Waals surface area contributed by atoms with Crippen LogP contribution >= 0.6 is 15.9 Å². The van der Waals surface area contributed by atoms with Crippen molar-refractivity contribution in [3.05, 3.63) is 56.9 Å². The molecule has 90 valence electrons. The minimum absolute atomic E-state index is 0.216. The van der Waals surface area contributed by atoms with Crippen LogP contribution in [0.3, 0.4) is 0 Å². The van der Waals surface area contributed by atoms with Gasteiger partial charge in [-0.1, -0.05) is 6.07 Å². The van der Waals surface area contributed by atoms with Gasteiger partial charge in [-0.2, -0.15) is 0 Å². The Bertz CT molecular complexity index is 725.